The maximum atomic E-state index is 12.3. The Morgan fingerprint density at radius 2 is 1.90 bits per heavy atom. The number of carbonyl (C=O) groups excluding carboxylic acids is 1. The molecule has 0 fully saturated rings. The monoisotopic (exact) mass is 445 g/mol. The maximum Gasteiger partial charge on any atom is 0.263 e. The average molecular weight is 446 g/mol. The van der Waals surface area contributed by atoms with E-state index in [2.05, 4.69) is 21.1 Å². The molecule has 1 amide bonds. The maximum absolute atomic E-state index is 12.3. The Bertz CT molecular complexity index is 1100. The van der Waals surface area contributed by atoms with Gasteiger partial charge in [0.05, 0.1) is 11.5 Å². The minimum absolute atomic E-state index is 0.0950. The third-order valence-corrected chi connectivity index (χ3v) is 6.41. The lowest BCUT2D eigenvalue weighted by Crippen LogP contribution is -2.14. The Morgan fingerprint density at radius 1 is 1.13 bits per heavy atom. The molecule has 2 aromatic carbocycles. The van der Waals surface area contributed by atoms with Crippen LogP contribution in [0.1, 0.15) is 24.0 Å². The fourth-order valence-electron chi connectivity index (χ4n) is 2.76. The summed E-state index contributed by atoms with van der Waals surface area (Å²) in [6.07, 6.45) is 2.40. The van der Waals surface area contributed by atoms with Crippen LogP contribution in [0.25, 0.3) is 0 Å². The second kappa shape index (κ2) is 9.73. The summed E-state index contributed by atoms with van der Waals surface area (Å²) in [5.74, 6) is 0.667. The third kappa shape index (κ3) is 6.04. The number of thiazole rings is 1. The fraction of sp³-hybridized carbons (Fsp3) is 0.238. The number of nitrogens with zero attached hydrogens (tertiary/aromatic N) is 1. The van der Waals surface area contributed by atoms with Gasteiger partial charge in [0.2, 0.25) is 5.91 Å². The molecule has 0 aliphatic carbocycles. The molecule has 0 saturated heterocycles. The normalized spacial score (nSPS) is 11.1. The van der Waals surface area contributed by atoms with Gasteiger partial charge < -0.3 is 10.1 Å². The lowest BCUT2D eigenvalue weighted by atomic mass is 10.1. The number of benzene rings is 2. The summed E-state index contributed by atoms with van der Waals surface area (Å²) >= 11 is 1.20. The molecule has 9 heteroatoms. The van der Waals surface area contributed by atoms with E-state index >= 15 is 0 Å². The summed E-state index contributed by atoms with van der Waals surface area (Å²) in [4.78, 5) is 16.1. The first-order valence-electron chi connectivity index (χ1n) is 9.36. The highest BCUT2D eigenvalue weighted by Gasteiger charge is 2.15. The van der Waals surface area contributed by atoms with E-state index in [1.54, 1.807) is 17.5 Å². The van der Waals surface area contributed by atoms with E-state index in [-0.39, 0.29) is 10.8 Å². The molecular formula is C21H23N3O4S2. The van der Waals surface area contributed by atoms with Crippen LogP contribution in [-0.4, -0.2) is 25.9 Å². The quantitative estimate of drug-likeness (QED) is 0.477. The molecule has 30 heavy (non-hydrogen) atoms. The van der Waals surface area contributed by atoms with Crippen molar-refractivity contribution < 1.29 is 17.9 Å². The molecule has 0 aliphatic rings. The van der Waals surface area contributed by atoms with Gasteiger partial charge >= 0.3 is 0 Å². The second-order valence-electron chi connectivity index (χ2n) is 6.74. The molecule has 1 aromatic heterocycles. The summed E-state index contributed by atoms with van der Waals surface area (Å²) in [5, 5.41) is 4.75. The van der Waals surface area contributed by atoms with Crippen molar-refractivity contribution in [2.75, 3.05) is 16.6 Å². The number of carbonyl (C=O) groups is 1. The van der Waals surface area contributed by atoms with Crippen LogP contribution >= 0.6 is 11.3 Å². The largest absolute Gasteiger partial charge is 0.493 e. The van der Waals surface area contributed by atoms with E-state index in [1.165, 1.54) is 35.2 Å². The van der Waals surface area contributed by atoms with Crippen LogP contribution in [0.2, 0.25) is 0 Å². The molecule has 0 unspecified atom stereocenters. The molecule has 0 radical (unpaired) electrons. The molecule has 0 aliphatic heterocycles. The van der Waals surface area contributed by atoms with Crippen molar-refractivity contribution in [2.24, 2.45) is 0 Å². The standard InChI is InChI=1S/C21H23N3O4S2/c1-15-5-10-19(16(2)14-15)28-12-3-4-20(25)23-17-6-8-18(9-7-17)30(26,27)24-21-22-11-13-29-21/h5-11,13-14H,3-4,12H2,1-2H3,(H,22,24)(H,23,25). The van der Waals surface area contributed by atoms with Crippen LogP contribution in [0.4, 0.5) is 10.8 Å². The lowest BCUT2D eigenvalue weighted by Gasteiger charge is -2.10. The van der Waals surface area contributed by atoms with Crippen molar-refractivity contribution in [1.82, 2.24) is 4.98 Å². The second-order valence-corrected chi connectivity index (χ2v) is 9.31. The van der Waals surface area contributed by atoms with Crippen LogP contribution in [0.3, 0.4) is 0 Å². The average Bonchev–Trinajstić information content (AvgIpc) is 3.19. The fourth-order valence-corrected chi connectivity index (χ4v) is 4.55. The molecule has 7 nitrogen and oxygen atoms in total. The molecule has 3 aromatic rings. The number of aromatic nitrogens is 1. The van der Waals surface area contributed by atoms with Crippen molar-refractivity contribution >= 4 is 38.1 Å². The zero-order valence-electron chi connectivity index (χ0n) is 16.7. The number of ether oxygens (including phenoxy) is 1. The van der Waals surface area contributed by atoms with Crippen LogP contribution in [0.15, 0.2) is 58.9 Å². The van der Waals surface area contributed by atoms with Gasteiger partial charge in [-0.25, -0.2) is 13.4 Å². The summed E-state index contributed by atoms with van der Waals surface area (Å²) in [5.41, 5.74) is 2.78. The zero-order chi connectivity index (χ0) is 21.6. The van der Waals surface area contributed by atoms with Gasteiger partial charge in [0.1, 0.15) is 5.75 Å². The van der Waals surface area contributed by atoms with Gasteiger partial charge in [-0.05, 0) is 56.2 Å². The number of rotatable bonds is 9. The van der Waals surface area contributed by atoms with Gasteiger partial charge in [-0.3, -0.25) is 9.52 Å². The Hall–Kier alpha value is -2.91. The third-order valence-electron chi connectivity index (χ3n) is 4.24. The van der Waals surface area contributed by atoms with E-state index in [1.807, 2.05) is 26.0 Å². The highest BCUT2D eigenvalue weighted by molar-refractivity contribution is 7.93. The molecule has 0 atom stereocenters. The first-order chi connectivity index (χ1) is 14.3. The Balaban J connectivity index is 1.46. The van der Waals surface area contributed by atoms with Crippen molar-refractivity contribution in [3.8, 4) is 5.75 Å². The van der Waals surface area contributed by atoms with Gasteiger partial charge in [-0.2, -0.15) is 0 Å². The molecule has 0 saturated carbocycles. The summed E-state index contributed by atoms with van der Waals surface area (Å²) in [6.45, 7) is 4.46. The van der Waals surface area contributed by atoms with E-state index in [0.717, 1.165) is 11.3 Å². The van der Waals surface area contributed by atoms with Crippen LogP contribution in [-0.2, 0) is 14.8 Å². The molecule has 3 rings (SSSR count). The van der Waals surface area contributed by atoms with E-state index in [4.69, 9.17) is 4.74 Å². The number of amides is 1. The van der Waals surface area contributed by atoms with Gasteiger partial charge in [-0.15, -0.1) is 11.3 Å². The zero-order valence-corrected chi connectivity index (χ0v) is 18.3. The molecular weight excluding hydrogens is 422 g/mol. The van der Waals surface area contributed by atoms with Gasteiger partial charge in [0, 0.05) is 23.7 Å². The minimum atomic E-state index is -3.71. The van der Waals surface area contributed by atoms with E-state index in [0.29, 0.717) is 30.3 Å². The van der Waals surface area contributed by atoms with Crippen molar-refractivity contribution in [3.05, 3.63) is 65.2 Å². The Kier molecular flexibility index (Phi) is 7.07. The topological polar surface area (TPSA) is 97.4 Å². The SMILES string of the molecule is Cc1ccc(OCCCC(=O)Nc2ccc(S(=O)(=O)Nc3nccs3)cc2)c(C)c1. The highest BCUT2D eigenvalue weighted by atomic mass is 32.2. The van der Waals surface area contributed by atoms with Gasteiger partial charge in [0.25, 0.3) is 10.0 Å². The Labute approximate surface area is 180 Å². The van der Waals surface area contributed by atoms with Crippen LogP contribution < -0.4 is 14.8 Å². The molecule has 2 N–H and O–H groups in total. The highest BCUT2D eigenvalue weighted by Crippen LogP contribution is 2.20. The molecule has 158 valence electrons. The van der Waals surface area contributed by atoms with Gasteiger partial charge in [0.15, 0.2) is 5.13 Å². The summed E-state index contributed by atoms with van der Waals surface area (Å²) in [7, 11) is -3.71. The first-order valence-corrected chi connectivity index (χ1v) is 11.7. The molecule has 0 bridgehead atoms. The number of sulfonamides is 1. The number of hydrogen-bond acceptors (Lipinski definition) is 6. The van der Waals surface area contributed by atoms with Crippen LogP contribution in [0, 0.1) is 13.8 Å². The first kappa shape index (κ1) is 21.8. The van der Waals surface area contributed by atoms with Crippen molar-refractivity contribution in [2.45, 2.75) is 31.6 Å². The van der Waals surface area contributed by atoms with E-state index in [9.17, 15) is 13.2 Å². The molecule has 1 heterocycles. The Morgan fingerprint density at radius 3 is 2.57 bits per heavy atom. The van der Waals surface area contributed by atoms with Gasteiger partial charge in [-0.1, -0.05) is 17.7 Å². The predicted molar refractivity (Wildman–Crippen MR) is 119 cm³/mol. The predicted octanol–water partition coefficient (Wildman–Crippen LogP) is 4.36. The van der Waals surface area contributed by atoms with Crippen molar-refractivity contribution in [1.29, 1.82) is 0 Å². The molecule has 0 spiro atoms. The summed E-state index contributed by atoms with van der Waals surface area (Å²) in [6, 6.07) is 12.0. The smallest absolute Gasteiger partial charge is 0.263 e. The van der Waals surface area contributed by atoms with Crippen molar-refractivity contribution in [3.63, 3.8) is 0 Å². The number of hydrogen-bond donors (Lipinski definition) is 2. The number of nitrogens with one attached hydrogen (secondary N) is 2. The van der Waals surface area contributed by atoms with Crippen LogP contribution in [0.5, 0.6) is 5.75 Å². The number of anilines is 2. The van der Waals surface area contributed by atoms with E-state index < -0.39 is 10.0 Å². The minimum Gasteiger partial charge on any atom is -0.493 e. The number of aryl methyl sites for hydroxylation is 2. The summed E-state index contributed by atoms with van der Waals surface area (Å²) < 4.78 is 32.8. The lowest BCUT2D eigenvalue weighted by molar-refractivity contribution is -0.116.